The van der Waals surface area contributed by atoms with Crippen LogP contribution in [-0.4, -0.2) is 31.1 Å². The van der Waals surface area contributed by atoms with Crippen molar-refractivity contribution >= 4 is 6.03 Å². The smallest absolute Gasteiger partial charge is 0.317 e. The first-order chi connectivity index (χ1) is 9.58. The summed E-state index contributed by atoms with van der Waals surface area (Å²) in [7, 11) is 1.65. The number of nitrogens with one attached hydrogen (secondary N) is 1. The minimum absolute atomic E-state index is 0.0335. The molecule has 0 aliphatic carbocycles. The van der Waals surface area contributed by atoms with E-state index in [4.69, 9.17) is 4.74 Å². The van der Waals surface area contributed by atoms with E-state index in [1.54, 1.807) is 7.11 Å². The monoisotopic (exact) mass is 276 g/mol. The number of likely N-dealkylation sites (tertiary alicyclic amines) is 1. The molecule has 1 fully saturated rings. The number of hydrogen-bond donors (Lipinski definition) is 1. The van der Waals surface area contributed by atoms with Crippen LogP contribution in [0.2, 0.25) is 0 Å². The van der Waals surface area contributed by atoms with E-state index in [1.807, 2.05) is 29.2 Å². The van der Waals surface area contributed by atoms with E-state index in [1.165, 1.54) is 6.42 Å². The number of benzene rings is 1. The fraction of sp³-hybridized carbons (Fsp3) is 0.562. The zero-order valence-electron chi connectivity index (χ0n) is 12.6. The van der Waals surface area contributed by atoms with E-state index >= 15 is 0 Å². The summed E-state index contributed by atoms with van der Waals surface area (Å²) in [6, 6.07) is 7.81. The quantitative estimate of drug-likeness (QED) is 0.922. The Morgan fingerprint density at radius 1 is 1.35 bits per heavy atom. The van der Waals surface area contributed by atoms with Gasteiger partial charge in [-0.3, -0.25) is 0 Å². The number of rotatable bonds is 3. The Bertz CT molecular complexity index is 452. The van der Waals surface area contributed by atoms with Crippen LogP contribution in [0.5, 0.6) is 5.75 Å². The molecule has 1 aromatic rings. The maximum absolute atomic E-state index is 12.2. The van der Waals surface area contributed by atoms with Gasteiger partial charge in [-0.1, -0.05) is 26.0 Å². The first-order valence-corrected chi connectivity index (χ1v) is 7.24. The van der Waals surface area contributed by atoms with Crippen molar-refractivity contribution in [2.24, 2.45) is 11.8 Å². The summed E-state index contributed by atoms with van der Waals surface area (Å²) < 4.78 is 5.18. The van der Waals surface area contributed by atoms with Gasteiger partial charge >= 0.3 is 6.03 Å². The molecule has 2 atom stereocenters. The highest BCUT2D eigenvalue weighted by Gasteiger charge is 2.25. The zero-order valence-corrected chi connectivity index (χ0v) is 12.6. The summed E-state index contributed by atoms with van der Waals surface area (Å²) in [5.41, 5.74) is 1.05. The lowest BCUT2D eigenvalue weighted by molar-refractivity contribution is 0.146. The molecule has 1 aromatic carbocycles. The number of carbonyl (C=O) groups is 1. The number of methoxy groups -OCH3 is 1. The Morgan fingerprint density at radius 3 is 2.70 bits per heavy atom. The van der Waals surface area contributed by atoms with Crippen molar-refractivity contribution in [2.75, 3.05) is 20.2 Å². The van der Waals surface area contributed by atoms with Crippen LogP contribution in [0.3, 0.4) is 0 Å². The minimum Gasteiger partial charge on any atom is -0.497 e. The van der Waals surface area contributed by atoms with Crippen molar-refractivity contribution in [3.63, 3.8) is 0 Å². The Morgan fingerprint density at radius 2 is 2.05 bits per heavy atom. The maximum atomic E-state index is 12.2. The standard InChI is InChI=1S/C16H24N2O2/c1-12-7-13(2)11-18(10-12)16(19)17-9-14-5-4-6-15(8-14)20-3/h4-6,8,12-13H,7,9-11H2,1-3H3,(H,17,19). The molecule has 0 saturated carbocycles. The van der Waals surface area contributed by atoms with Crippen molar-refractivity contribution in [3.05, 3.63) is 29.8 Å². The number of ether oxygens (including phenoxy) is 1. The molecule has 0 radical (unpaired) electrons. The fourth-order valence-electron chi connectivity index (χ4n) is 2.90. The van der Waals surface area contributed by atoms with Crippen LogP contribution in [0.25, 0.3) is 0 Å². The molecule has 1 saturated heterocycles. The lowest BCUT2D eigenvalue weighted by atomic mass is 9.92. The van der Waals surface area contributed by atoms with Crippen molar-refractivity contribution in [3.8, 4) is 5.75 Å². The first kappa shape index (κ1) is 14.7. The van der Waals surface area contributed by atoms with Crippen LogP contribution in [0.15, 0.2) is 24.3 Å². The van der Waals surface area contributed by atoms with Crippen LogP contribution in [0, 0.1) is 11.8 Å². The summed E-state index contributed by atoms with van der Waals surface area (Å²) >= 11 is 0. The van der Waals surface area contributed by atoms with Gasteiger partial charge in [0, 0.05) is 19.6 Å². The predicted molar refractivity (Wildman–Crippen MR) is 79.7 cm³/mol. The number of hydrogen-bond acceptors (Lipinski definition) is 2. The summed E-state index contributed by atoms with van der Waals surface area (Å²) in [6.07, 6.45) is 1.21. The molecule has 0 spiro atoms. The van der Waals surface area contributed by atoms with Gasteiger partial charge in [0.1, 0.15) is 5.75 Å². The van der Waals surface area contributed by atoms with Gasteiger partial charge in [-0.2, -0.15) is 0 Å². The summed E-state index contributed by atoms with van der Waals surface area (Å²) in [5, 5.41) is 2.99. The molecule has 1 heterocycles. The van der Waals surface area contributed by atoms with E-state index in [0.717, 1.165) is 24.4 Å². The third-order valence-electron chi connectivity index (χ3n) is 3.73. The molecule has 0 bridgehead atoms. The number of carbonyl (C=O) groups excluding carboxylic acids is 1. The second-order valence-corrected chi connectivity index (χ2v) is 5.86. The lowest BCUT2D eigenvalue weighted by Crippen LogP contribution is -2.47. The van der Waals surface area contributed by atoms with E-state index in [0.29, 0.717) is 18.4 Å². The molecule has 2 amide bonds. The van der Waals surface area contributed by atoms with Crippen molar-refractivity contribution in [1.29, 1.82) is 0 Å². The molecule has 20 heavy (non-hydrogen) atoms. The van der Waals surface area contributed by atoms with Crippen LogP contribution in [0.4, 0.5) is 4.79 Å². The predicted octanol–water partition coefficient (Wildman–Crippen LogP) is 2.88. The fourth-order valence-corrected chi connectivity index (χ4v) is 2.90. The van der Waals surface area contributed by atoms with Crippen molar-refractivity contribution in [1.82, 2.24) is 10.2 Å². The second kappa shape index (κ2) is 6.64. The first-order valence-electron chi connectivity index (χ1n) is 7.24. The van der Waals surface area contributed by atoms with Crippen molar-refractivity contribution < 1.29 is 9.53 Å². The van der Waals surface area contributed by atoms with E-state index < -0.39 is 0 Å². The highest BCUT2D eigenvalue weighted by Crippen LogP contribution is 2.21. The van der Waals surface area contributed by atoms with E-state index in [9.17, 15) is 4.79 Å². The average Bonchev–Trinajstić information content (AvgIpc) is 2.44. The Labute approximate surface area is 121 Å². The molecular weight excluding hydrogens is 252 g/mol. The zero-order chi connectivity index (χ0) is 14.5. The molecule has 110 valence electrons. The van der Waals surface area contributed by atoms with E-state index in [2.05, 4.69) is 19.2 Å². The maximum Gasteiger partial charge on any atom is 0.317 e. The van der Waals surface area contributed by atoms with Crippen LogP contribution in [0.1, 0.15) is 25.8 Å². The Balaban J connectivity index is 1.88. The second-order valence-electron chi connectivity index (χ2n) is 5.86. The molecular formula is C16H24N2O2. The van der Waals surface area contributed by atoms with Crippen LogP contribution < -0.4 is 10.1 Å². The van der Waals surface area contributed by atoms with Gasteiger partial charge in [-0.25, -0.2) is 4.79 Å². The lowest BCUT2D eigenvalue weighted by Gasteiger charge is -2.34. The molecule has 1 aliphatic rings. The van der Waals surface area contributed by atoms with Gasteiger partial charge in [0.2, 0.25) is 0 Å². The molecule has 1 N–H and O–H groups in total. The largest absolute Gasteiger partial charge is 0.497 e. The summed E-state index contributed by atoms with van der Waals surface area (Å²) in [5.74, 6) is 1.99. The third kappa shape index (κ3) is 3.89. The van der Waals surface area contributed by atoms with Gasteiger partial charge in [-0.15, -0.1) is 0 Å². The third-order valence-corrected chi connectivity index (χ3v) is 3.73. The Hall–Kier alpha value is -1.71. The summed E-state index contributed by atoms with van der Waals surface area (Å²) in [6.45, 7) is 6.66. The van der Waals surface area contributed by atoms with Crippen LogP contribution >= 0.6 is 0 Å². The highest BCUT2D eigenvalue weighted by atomic mass is 16.5. The number of nitrogens with zero attached hydrogens (tertiary/aromatic N) is 1. The van der Waals surface area contributed by atoms with Crippen molar-refractivity contribution in [2.45, 2.75) is 26.8 Å². The Kier molecular flexibility index (Phi) is 4.88. The molecule has 4 heteroatoms. The van der Waals surface area contributed by atoms with Gasteiger partial charge in [0.15, 0.2) is 0 Å². The number of amides is 2. The van der Waals surface area contributed by atoms with Gasteiger partial charge < -0.3 is 15.0 Å². The van der Waals surface area contributed by atoms with Crippen LogP contribution in [-0.2, 0) is 6.54 Å². The molecule has 2 unspecified atom stereocenters. The molecule has 0 aromatic heterocycles. The molecule has 1 aliphatic heterocycles. The highest BCUT2D eigenvalue weighted by molar-refractivity contribution is 5.74. The minimum atomic E-state index is 0.0335. The topological polar surface area (TPSA) is 41.6 Å². The van der Waals surface area contributed by atoms with Gasteiger partial charge in [0.25, 0.3) is 0 Å². The normalized spacial score (nSPS) is 22.4. The van der Waals surface area contributed by atoms with Gasteiger partial charge in [0.05, 0.1) is 7.11 Å². The molecule has 4 nitrogen and oxygen atoms in total. The SMILES string of the molecule is COc1cccc(CNC(=O)N2CC(C)CC(C)C2)c1. The van der Waals surface area contributed by atoms with Gasteiger partial charge in [-0.05, 0) is 36.0 Å². The number of piperidine rings is 1. The average molecular weight is 276 g/mol. The number of urea groups is 1. The molecule has 2 rings (SSSR count). The van der Waals surface area contributed by atoms with E-state index in [-0.39, 0.29) is 6.03 Å². The summed E-state index contributed by atoms with van der Waals surface area (Å²) in [4.78, 5) is 14.1.